The number of nitrogens with zero attached hydrogens (tertiary/aromatic N) is 5. The van der Waals surface area contributed by atoms with Crippen molar-refractivity contribution in [1.29, 1.82) is 0 Å². The van der Waals surface area contributed by atoms with Gasteiger partial charge in [0.1, 0.15) is 5.36 Å². The summed E-state index contributed by atoms with van der Waals surface area (Å²) in [5.74, 6) is 0. The number of hydrogen-bond acceptors (Lipinski definition) is 6. The second-order valence-corrected chi connectivity index (χ2v) is 8.63. The number of piperazine rings is 1. The Morgan fingerprint density at radius 3 is 2.23 bits per heavy atom. The molecular weight excluding hydrogens is 392 g/mol. The minimum absolute atomic E-state index is 0.801. The lowest BCUT2D eigenvalue weighted by molar-refractivity contribution is 0.151. The molecule has 2 aromatic carbocycles. The van der Waals surface area contributed by atoms with Crippen molar-refractivity contribution in [3.05, 3.63) is 65.5 Å². The molecule has 0 amide bonds. The number of thiazole rings is 1. The number of aromatic nitrogens is 2. The topological polar surface area (TPSA) is 48.7 Å². The van der Waals surface area contributed by atoms with Crippen LogP contribution in [0.15, 0.2) is 65.2 Å². The Bertz CT molecular complexity index is 1150. The van der Waals surface area contributed by atoms with Crippen LogP contribution in [0, 0.1) is 0 Å². The molecular formula is C23H26N6S. The van der Waals surface area contributed by atoms with Crippen LogP contribution in [0.2, 0.25) is 0 Å². The molecule has 1 fully saturated rings. The summed E-state index contributed by atoms with van der Waals surface area (Å²) in [6, 6.07) is 17.1. The van der Waals surface area contributed by atoms with Crippen molar-refractivity contribution in [2.24, 2.45) is 5.10 Å². The Balaban J connectivity index is 1.59. The summed E-state index contributed by atoms with van der Waals surface area (Å²) in [6.45, 7) is 6.58. The minimum Gasteiger partial charge on any atom is -0.339 e. The van der Waals surface area contributed by atoms with Crippen molar-refractivity contribution in [3.8, 4) is 0 Å². The Hall–Kier alpha value is -2.74. The predicted octanol–water partition coefficient (Wildman–Crippen LogP) is 3.43. The van der Waals surface area contributed by atoms with Gasteiger partial charge in [0, 0.05) is 61.6 Å². The van der Waals surface area contributed by atoms with E-state index < -0.39 is 0 Å². The molecule has 1 N–H and O–H groups in total. The second-order valence-electron chi connectivity index (χ2n) is 7.74. The van der Waals surface area contributed by atoms with E-state index in [0.29, 0.717) is 0 Å². The van der Waals surface area contributed by atoms with Gasteiger partial charge in [-0.2, -0.15) is 5.10 Å². The summed E-state index contributed by atoms with van der Waals surface area (Å²) in [7, 11) is 2.20. The fraction of sp³-hybridized carbons (Fsp3) is 0.304. The molecule has 0 aliphatic carbocycles. The first-order valence-electron chi connectivity index (χ1n) is 10.4. The van der Waals surface area contributed by atoms with Gasteiger partial charge in [0.05, 0.1) is 11.0 Å². The van der Waals surface area contributed by atoms with Crippen LogP contribution in [0.1, 0.15) is 0 Å². The van der Waals surface area contributed by atoms with Crippen molar-refractivity contribution in [1.82, 2.24) is 19.4 Å². The Morgan fingerprint density at radius 2 is 1.60 bits per heavy atom. The van der Waals surface area contributed by atoms with Gasteiger partial charge in [-0.15, -0.1) is 11.3 Å². The molecule has 6 nitrogen and oxygen atoms in total. The van der Waals surface area contributed by atoms with Crippen LogP contribution >= 0.6 is 11.3 Å². The number of para-hydroxylation sites is 2. The highest BCUT2D eigenvalue weighted by Crippen LogP contribution is 2.20. The molecule has 30 heavy (non-hydrogen) atoms. The first-order chi connectivity index (χ1) is 14.8. The Morgan fingerprint density at radius 1 is 0.933 bits per heavy atom. The van der Waals surface area contributed by atoms with Gasteiger partial charge in [-0.25, -0.2) is 4.98 Å². The average Bonchev–Trinajstić information content (AvgIpc) is 3.31. The Kier molecular flexibility index (Phi) is 5.48. The standard InChI is InChI=1S/C23H26N6S/c1-27-11-13-28(14-12-27)15-16-29-20-8-4-2-6-18(20)22(19-7-3-5-9-21(19)29)25-26-23-24-10-17-30-23/h2-10,17H,11-16H2,1H3,(H,24,26). The van der Waals surface area contributed by atoms with Crippen molar-refractivity contribution >= 4 is 38.3 Å². The number of likely N-dealkylation sites (N-methyl/N-ethyl adjacent to an activating group) is 1. The molecule has 1 aliphatic heterocycles. The smallest absolute Gasteiger partial charge is 0.203 e. The number of hydrogen-bond donors (Lipinski definition) is 1. The first kappa shape index (κ1) is 19.2. The lowest BCUT2D eigenvalue weighted by atomic mass is 10.1. The molecule has 4 aromatic rings. The third kappa shape index (κ3) is 3.84. The van der Waals surface area contributed by atoms with E-state index in [2.05, 4.69) is 80.4 Å². The van der Waals surface area contributed by atoms with E-state index in [1.54, 1.807) is 17.5 Å². The van der Waals surface area contributed by atoms with Crippen LogP contribution in [0.4, 0.5) is 5.13 Å². The number of rotatable bonds is 5. The summed E-state index contributed by atoms with van der Waals surface area (Å²) in [4.78, 5) is 9.27. The molecule has 0 saturated carbocycles. The zero-order valence-corrected chi connectivity index (χ0v) is 18.0. The van der Waals surface area contributed by atoms with E-state index in [1.807, 2.05) is 5.38 Å². The number of pyridine rings is 1. The van der Waals surface area contributed by atoms with Gasteiger partial charge >= 0.3 is 0 Å². The third-order valence-corrected chi connectivity index (χ3v) is 6.51. The van der Waals surface area contributed by atoms with E-state index in [4.69, 9.17) is 5.10 Å². The highest BCUT2D eigenvalue weighted by molar-refractivity contribution is 7.13. The van der Waals surface area contributed by atoms with Gasteiger partial charge in [-0.1, -0.05) is 36.4 Å². The van der Waals surface area contributed by atoms with E-state index in [-0.39, 0.29) is 0 Å². The van der Waals surface area contributed by atoms with Gasteiger partial charge in [0.25, 0.3) is 0 Å². The van der Waals surface area contributed by atoms with Crippen LogP contribution in [-0.4, -0.2) is 59.1 Å². The fourth-order valence-electron chi connectivity index (χ4n) is 4.15. The van der Waals surface area contributed by atoms with E-state index in [9.17, 15) is 0 Å². The van der Waals surface area contributed by atoms with Gasteiger partial charge in [0.15, 0.2) is 0 Å². The number of nitrogens with one attached hydrogen (secondary N) is 1. The van der Waals surface area contributed by atoms with Crippen LogP contribution in [-0.2, 0) is 6.54 Å². The van der Waals surface area contributed by atoms with E-state index in [0.717, 1.165) is 60.5 Å². The van der Waals surface area contributed by atoms with Gasteiger partial charge in [0.2, 0.25) is 5.13 Å². The number of fused-ring (bicyclic) bond motifs is 2. The zero-order chi connectivity index (χ0) is 20.3. The van der Waals surface area contributed by atoms with Crippen LogP contribution in [0.3, 0.4) is 0 Å². The molecule has 2 aromatic heterocycles. The van der Waals surface area contributed by atoms with Gasteiger partial charge in [-0.05, 0) is 19.2 Å². The van der Waals surface area contributed by atoms with Crippen molar-refractivity contribution in [2.45, 2.75) is 6.54 Å². The summed E-state index contributed by atoms with van der Waals surface area (Å²) >= 11 is 1.55. The summed E-state index contributed by atoms with van der Waals surface area (Å²) in [5, 5.41) is 10.8. The van der Waals surface area contributed by atoms with Crippen LogP contribution in [0.25, 0.3) is 21.8 Å². The lowest BCUT2D eigenvalue weighted by Gasteiger charge is -2.32. The quantitative estimate of drug-likeness (QED) is 0.399. The predicted molar refractivity (Wildman–Crippen MR) is 125 cm³/mol. The molecule has 0 spiro atoms. The maximum absolute atomic E-state index is 4.77. The van der Waals surface area contributed by atoms with Gasteiger partial charge < -0.3 is 9.47 Å². The fourth-order valence-corrected chi connectivity index (χ4v) is 4.62. The lowest BCUT2D eigenvalue weighted by Crippen LogP contribution is -2.45. The molecule has 154 valence electrons. The average molecular weight is 419 g/mol. The summed E-state index contributed by atoms with van der Waals surface area (Å²) in [5.41, 5.74) is 5.57. The second kappa shape index (κ2) is 8.55. The molecule has 1 aliphatic rings. The minimum atomic E-state index is 0.801. The van der Waals surface area contributed by atoms with Crippen LogP contribution < -0.4 is 10.8 Å². The van der Waals surface area contributed by atoms with Crippen LogP contribution in [0.5, 0.6) is 0 Å². The van der Waals surface area contributed by atoms with E-state index in [1.165, 1.54) is 11.0 Å². The first-order valence-corrected chi connectivity index (χ1v) is 11.3. The largest absolute Gasteiger partial charge is 0.339 e. The molecule has 3 heterocycles. The van der Waals surface area contributed by atoms with Crippen molar-refractivity contribution in [2.75, 3.05) is 45.2 Å². The molecule has 1 saturated heterocycles. The number of anilines is 1. The highest BCUT2D eigenvalue weighted by atomic mass is 32.1. The molecule has 0 bridgehead atoms. The zero-order valence-electron chi connectivity index (χ0n) is 17.2. The summed E-state index contributed by atoms with van der Waals surface area (Å²) in [6.07, 6.45) is 1.79. The molecule has 5 rings (SSSR count). The monoisotopic (exact) mass is 418 g/mol. The molecule has 7 heteroatoms. The SMILES string of the molecule is CN1CCN(CCn2c3ccccc3c(=NNc3nccs3)c3ccccc32)CC1. The maximum atomic E-state index is 4.77. The summed E-state index contributed by atoms with van der Waals surface area (Å²) < 4.78 is 2.45. The van der Waals surface area contributed by atoms with Crippen molar-refractivity contribution in [3.63, 3.8) is 0 Å². The Labute approximate surface area is 180 Å². The maximum Gasteiger partial charge on any atom is 0.203 e. The molecule has 0 unspecified atom stereocenters. The molecule has 0 atom stereocenters. The van der Waals surface area contributed by atoms with E-state index >= 15 is 0 Å². The number of benzene rings is 2. The third-order valence-electron chi connectivity index (χ3n) is 5.83. The normalized spacial score (nSPS) is 15.6. The van der Waals surface area contributed by atoms with Gasteiger partial charge in [-0.3, -0.25) is 10.3 Å². The molecule has 0 radical (unpaired) electrons. The highest BCUT2D eigenvalue weighted by Gasteiger charge is 2.15. The van der Waals surface area contributed by atoms with Crippen molar-refractivity contribution < 1.29 is 0 Å².